The van der Waals surface area contributed by atoms with Crippen molar-refractivity contribution in [3.8, 4) is 5.75 Å². The van der Waals surface area contributed by atoms with E-state index in [0.717, 1.165) is 24.2 Å². The third kappa shape index (κ3) is 3.95. The second kappa shape index (κ2) is 7.09. The van der Waals surface area contributed by atoms with Crippen molar-refractivity contribution in [3.05, 3.63) is 53.9 Å². The average Bonchev–Trinajstić information content (AvgIpc) is 2.52. The molecule has 0 saturated heterocycles. The van der Waals surface area contributed by atoms with Crippen LogP contribution in [-0.2, 0) is 6.42 Å². The number of phenols is 1. The van der Waals surface area contributed by atoms with Gasteiger partial charge in [-0.3, -0.25) is 4.98 Å². The molecule has 1 heterocycles. The number of nitrogens with zero attached hydrogens (tertiary/aromatic N) is 2. The lowest BCUT2D eigenvalue weighted by atomic mass is 10.1. The molecule has 0 amide bonds. The molecule has 0 spiro atoms. The average molecular weight is 285 g/mol. The molecule has 112 valence electrons. The topological polar surface area (TPSA) is 48.4 Å². The molecule has 1 unspecified atom stereocenters. The fourth-order valence-electron chi connectivity index (χ4n) is 2.27. The fraction of sp³-hybridized carbons (Fsp3) is 0.353. The molecule has 0 saturated carbocycles. The molecule has 0 bridgehead atoms. The van der Waals surface area contributed by atoms with E-state index in [1.165, 1.54) is 5.56 Å². The van der Waals surface area contributed by atoms with Crippen LogP contribution in [0.15, 0.2) is 42.7 Å². The van der Waals surface area contributed by atoms with Crippen LogP contribution in [0, 0.1) is 0 Å². The van der Waals surface area contributed by atoms with Crippen LogP contribution in [-0.4, -0.2) is 30.7 Å². The Kier molecular flexibility index (Phi) is 5.17. The summed E-state index contributed by atoms with van der Waals surface area (Å²) in [6.45, 7) is 2.92. The number of benzene rings is 1. The van der Waals surface area contributed by atoms with Crippen LogP contribution < -0.4 is 10.2 Å². The second-order valence-electron chi connectivity index (χ2n) is 5.28. The minimum absolute atomic E-state index is 0.140. The number of likely N-dealkylation sites (N-methyl/N-ethyl adjacent to an activating group) is 1. The highest BCUT2D eigenvalue weighted by Crippen LogP contribution is 2.28. The number of anilines is 1. The monoisotopic (exact) mass is 285 g/mol. The van der Waals surface area contributed by atoms with E-state index >= 15 is 0 Å². The predicted octanol–water partition coefficient (Wildman–Crippen LogP) is 2.75. The molecular weight excluding hydrogens is 262 g/mol. The van der Waals surface area contributed by atoms with Gasteiger partial charge >= 0.3 is 0 Å². The molecule has 0 aliphatic rings. The summed E-state index contributed by atoms with van der Waals surface area (Å²) < 4.78 is 0. The van der Waals surface area contributed by atoms with Gasteiger partial charge in [0.15, 0.2) is 0 Å². The summed E-state index contributed by atoms with van der Waals surface area (Å²) in [5, 5.41) is 13.3. The van der Waals surface area contributed by atoms with Gasteiger partial charge in [0, 0.05) is 49.3 Å². The summed E-state index contributed by atoms with van der Waals surface area (Å²) in [6, 6.07) is 10.1. The van der Waals surface area contributed by atoms with E-state index < -0.39 is 0 Å². The Hall–Kier alpha value is -2.07. The summed E-state index contributed by atoms with van der Waals surface area (Å²) in [4.78, 5) is 6.17. The number of aromatic hydroxyl groups is 1. The smallest absolute Gasteiger partial charge is 0.122 e. The third-order valence-corrected chi connectivity index (χ3v) is 3.84. The van der Waals surface area contributed by atoms with Crippen molar-refractivity contribution in [1.82, 2.24) is 10.3 Å². The Morgan fingerprint density at radius 1 is 1.24 bits per heavy atom. The van der Waals surface area contributed by atoms with E-state index in [0.29, 0.717) is 5.75 Å². The van der Waals surface area contributed by atoms with Crippen molar-refractivity contribution in [2.24, 2.45) is 0 Å². The number of hydrogen-bond acceptors (Lipinski definition) is 4. The highest BCUT2D eigenvalue weighted by Gasteiger charge is 2.10. The van der Waals surface area contributed by atoms with Crippen LogP contribution in [0.3, 0.4) is 0 Å². The van der Waals surface area contributed by atoms with Gasteiger partial charge in [-0.2, -0.15) is 0 Å². The first-order valence-corrected chi connectivity index (χ1v) is 7.22. The fourth-order valence-corrected chi connectivity index (χ4v) is 2.27. The van der Waals surface area contributed by atoms with Gasteiger partial charge in [-0.15, -0.1) is 0 Å². The summed E-state index contributed by atoms with van der Waals surface area (Å²) in [6.07, 6.45) is 4.58. The molecule has 1 atom stereocenters. The van der Waals surface area contributed by atoms with Gasteiger partial charge in [0.05, 0.1) is 0 Å². The van der Waals surface area contributed by atoms with E-state index in [2.05, 4.69) is 21.3 Å². The zero-order valence-corrected chi connectivity index (χ0v) is 12.9. The van der Waals surface area contributed by atoms with E-state index in [1.807, 2.05) is 57.7 Å². The lowest BCUT2D eigenvalue weighted by Crippen LogP contribution is -2.20. The molecule has 2 rings (SSSR count). The normalized spacial score (nSPS) is 12.1. The van der Waals surface area contributed by atoms with Crippen LogP contribution >= 0.6 is 0 Å². The molecule has 2 aromatic rings. The highest BCUT2D eigenvalue weighted by atomic mass is 16.3. The summed E-state index contributed by atoms with van der Waals surface area (Å²) in [5.74, 6) is 0.338. The number of aromatic nitrogens is 1. The standard InChI is InChI=1S/C17H23N3O/c1-13(18-2)16-5-4-15(12-17(16)21)20(3)11-8-14-6-9-19-10-7-14/h4-7,9-10,12-13,18,21H,8,11H2,1-3H3. The van der Waals surface area contributed by atoms with Gasteiger partial charge in [0.25, 0.3) is 0 Å². The van der Waals surface area contributed by atoms with Crippen molar-refractivity contribution in [2.75, 3.05) is 25.5 Å². The van der Waals surface area contributed by atoms with Crippen LogP contribution in [0.25, 0.3) is 0 Å². The number of rotatable bonds is 6. The summed E-state index contributed by atoms with van der Waals surface area (Å²) in [5.41, 5.74) is 3.21. The maximum absolute atomic E-state index is 10.2. The van der Waals surface area contributed by atoms with Gasteiger partial charge in [-0.1, -0.05) is 6.07 Å². The zero-order chi connectivity index (χ0) is 15.2. The van der Waals surface area contributed by atoms with Crippen molar-refractivity contribution in [1.29, 1.82) is 0 Å². The summed E-state index contributed by atoms with van der Waals surface area (Å²) >= 11 is 0. The van der Waals surface area contributed by atoms with E-state index in [-0.39, 0.29) is 6.04 Å². The van der Waals surface area contributed by atoms with Crippen LogP contribution in [0.4, 0.5) is 5.69 Å². The van der Waals surface area contributed by atoms with Crippen LogP contribution in [0.1, 0.15) is 24.1 Å². The third-order valence-electron chi connectivity index (χ3n) is 3.84. The highest BCUT2D eigenvalue weighted by molar-refractivity contribution is 5.53. The Morgan fingerprint density at radius 3 is 2.57 bits per heavy atom. The predicted molar refractivity (Wildman–Crippen MR) is 86.8 cm³/mol. The minimum atomic E-state index is 0.140. The number of pyridine rings is 1. The van der Waals surface area contributed by atoms with Gasteiger partial charge < -0.3 is 15.3 Å². The lowest BCUT2D eigenvalue weighted by molar-refractivity contribution is 0.458. The molecule has 1 aromatic carbocycles. The van der Waals surface area contributed by atoms with Gasteiger partial charge in [-0.05, 0) is 44.2 Å². The quantitative estimate of drug-likeness (QED) is 0.857. The zero-order valence-electron chi connectivity index (χ0n) is 12.9. The van der Waals surface area contributed by atoms with Gasteiger partial charge in [-0.25, -0.2) is 0 Å². The van der Waals surface area contributed by atoms with E-state index in [1.54, 1.807) is 0 Å². The second-order valence-corrected chi connectivity index (χ2v) is 5.28. The molecule has 4 nitrogen and oxygen atoms in total. The maximum Gasteiger partial charge on any atom is 0.122 e. The molecule has 21 heavy (non-hydrogen) atoms. The molecule has 2 N–H and O–H groups in total. The van der Waals surface area contributed by atoms with Crippen LogP contribution in [0.5, 0.6) is 5.75 Å². The minimum Gasteiger partial charge on any atom is -0.508 e. The van der Waals surface area contributed by atoms with Crippen molar-refractivity contribution in [3.63, 3.8) is 0 Å². The maximum atomic E-state index is 10.2. The molecule has 0 fully saturated rings. The molecular formula is C17H23N3O. The van der Waals surface area contributed by atoms with Crippen molar-refractivity contribution in [2.45, 2.75) is 19.4 Å². The largest absolute Gasteiger partial charge is 0.508 e. The van der Waals surface area contributed by atoms with Crippen LogP contribution in [0.2, 0.25) is 0 Å². The van der Waals surface area contributed by atoms with E-state index in [9.17, 15) is 5.11 Å². The Morgan fingerprint density at radius 2 is 1.95 bits per heavy atom. The van der Waals surface area contributed by atoms with Gasteiger partial charge in [0.1, 0.15) is 5.75 Å². The first-order valence-electron chi connectivity index (χ1n) is 7.22. The molecule has 0 aliphatic carbocycles. The first kappa shape index (κ1) is 15.3. The van der Waals surface area contributed by atoms with Crippen molar-refractivity contribution >= 4 is 5.69 Å². The molecule has 4 heteroatoms. The van der Waals surface area contributed by atoms with E-state index in [4.69, 9.17) is 0 Å². The number of nitrogens with one attached hydrogen (secondary N) is 1. The SMILES string of the molecule is CNC(C)c1ccc(N(C)CCc2ccncc2)cc1O. The number of phenolic OH excluding ortho intramolecular Hbond substituents is 1. The molecule has 1 aromatic heterocycles. The first-order chi connectivity index (χ1) is 10.1. The summed E-state index contributed by atoms with van der Waals surface area (Å²) in [7, 11) is 3.93. The Bertz CT molecular complexity index is 572. The number of hydrogen-bond donors (Lipinski definition) is 2. The molecule has 0 aliphatic heterocycles. The van der Waals surface area contributed by atoms with Crippen molar-refractivity contribution < 1.29 is 5.11 Å². The Labute approximate surface area is 126 Å². The lowest BCUT2D eigenvalue weighted by Gasteiger charge is -2.21. The molecule has 0 radical (unpaired) electrons. The Balaban J connectivity index is 2.02. The van der Waals surface area contributed by atoms with Gasteiger partial charge in [0.2, 0.25) is 0 Å².